The van der Waals surface area contributed by atoms with Gasteiger partial charge in [0.2, 0.25) is 0 Å². The molecule has 0 aliphatic carbocycles. The number of aliphatic hydroxyl groups excluding tert-OH is 1. The fraction of sp³-hybridized carbons (Fsp3) is 0.810. The van der Waals surface area contributed by atoms with Crippen molar-refractivity contribution in [2.45, 2.75) is 88.6 Å². The number of carbonyl (C=O) groups is 2. The van der Waals surface area contributed by atoms with Crippen LogP contribution in [0.25, 0.3) is 0 Å². The number of hydrogen-bond donors (Lipinski definition) is 2. The SMILES string of the molecule is CC[C@@H](C)C(=O)O[C@@H]1C[C@]2(C)O[C@@](O)(C[C@@H]2O)/C(C)=C\[C@H]2OC(=O)[C@]3(CCN=N3)[C@@H]21. The van der Waals surface area contributed by atoms with Crippen LogP contribution in [0, 0.1) is 11.8 Å². The molecule has 2 N–H and O–H groups in total. The van der Waals surface area contributed by atoms with Gasteiger partial charge in [0.15, 0.2) is 11.3 Å². The number of rotatable bonds is 3. The number of carbonyl (C=O) groups excluding carboxylic acids is 2. The van der Waals surface area contributed by atoms with Gasteiger partial charge in [-0.2, -0.15) is 10.2 Å². The Labute approximate surface area is 175 Å². The summed E-state index contributed by atoms with van der Waals surface area (Å²) in [5.74, 6) is -3.54. The van der Waals surface area contributed by atoms with Gasteiger partial charge in [0.05, 0.1) is 30.1 Å². The van der Waals surface area contributed by atoms with Crippen molar-refractivity contribution in [1.29, 1.82) is 0 Å². The molecule has 4 heterocycles. The maximum absolute atomic E-state index is 12.9. The van der Waals surface area contributed by atoms with Gasteiger partial charge in [-0.1, -0.05) is 13.8 Å². The van der Waals surface area contributed by atoms with E-state index in [0.29, 0.717) is 25.0 Å². The van der Waals surface area contributed by atoms with Crippen LogP contribution < -0.4 is 0 Å². The van der Waals surface area contributed by atoms with Gasteiger partial charge in [0.25, 0.3) is 0 Å². The highest BCUT2D eigenvalue weighted by Crippen LogP contribution is 2.51. The molecule has 0 aromatic carbocycles. The summed E-state index contributed by atoms with van der Waals surface area (Å²) in [6, 6.07) is 0. The molecule has 2 fully saturated rings. The molecule has 0 aromatic rings. The normalized spacial score (nSPS) is 47.7. The summed E-state index contributed by atoms with van der Waals surface area (Å²) in [4.78, 5) is 25.7. The van der Waals surface area contributed by atoms with Crippen LogP contribution in [-0.2, 0) is 23.8 Å². The summed E-state index contributed by atoms with van der Waals surface area (Å²) in [5, 5.41) is 30.1. The minimum atomic E-state index is -1.69. The third-order valence-corrected chi connectivity index (χ3v) is 7.24. The zero-order valence-electron chi connectivity index (χ0n) is 17.8. The molecular weight excluding hydrogens is 392 g/mol. The first-order chi connectivity index (χ1) is 14.0. The molecule has 30 heavy (non-hydrogen) atoms. The van der Waals surface area contributed by atoms with E-state index in [1.54, 1.807) is 26.8 Å². The van der Waals surface area contributed by atoms with Crippen LogP contribution in [0.5, 0.6) is 0 Å². The first kappa shape index (κ1) is 21.4. The minimum absolute atomic E-state index is 0.0198. The first-order valence-electron chi connectivity index (χ1n) is 10.6. The predicted molar refractivity (Wildman–Crippen MR) is 103 cm³/mol. The second-order valence-corrected chi connectivity index (χ2v) is 9.29. The third-order valence-electron chi connectivity index (χ3n) is 7.24. The molecule has 0 unspecified atom stereocenters. The quantitative estimate of drug-likeness (QED) is 0.523. The van der Waals surface area contributed by atoms with Gasteiger partial charge in [-0.15, -0.1) is 0 Å². The Balaban J connectivity index is 1.82. The van der Waals surface area contributed by atoms with E-state index in [2.05, 4.69) is 10.2 Å². The summed E-state index contributed by atoms with van der Waals surface area (Å²) in [6.07, 6.45) is 0.131. The number of aliphatic hydroxyl groups is 2. The number of fused-ring (bicyclic) bond motifs is 4. The van der Waals surface area contributed by atoms with Crippen LogP contribution in [0.15, 0.2) is 21.9 Å². The summed E-state index contributed by atoms with van der Waals surface area (Å²) in [5.41, 5.74) is -1.98. The highest BCUT2D eigenvalue weighted by Gasteiger charge is 2.65. The summed E-state index contributed by atoms with van der Waals surface area (Å²) >= 11 is 0. The van der Waals surface area contributed by atoms with Crippen LogP contribution in [-0.4, -0.2) is 63.9 Å². The molecule has 2 bridgehead atoms. The number of hydrogen-bond acceptors (Lipinski definition) is 9. The molecule has 166 valence electrons. The predicted octanol–water partition coefficient (Wildman–Crippen LogP) is 1.66. The van der Waals surface area contributed by atoms with Crippen molar-refractivity contribution in [1.82, 2.24) is 0 Å². The van der Waals surface area contributed by atoms with Gasteiger partial charge < -0.3 is 24.4 Å². The van der Waals surface area contributed by atoms with Crippen molar-refractivity contribution in [3.8, 4) is 0 Å². The van der Waals surface area contributed by atoms with Crippen molar-refractivity contribution in [3.05, 3.63) is 11.6 Å². The van der Waals surface area contributed by atoms with E-state index in [9.17, 15) is 19.8 Å². The lowest BCUT2D eigenvalue weighted by atomic mass is 9.73. The Morgan fingerprint density at radius 3 is 2.80 bits per heavy atom. The lowest BCUT2D eigenvalue weighted by molar-refractivity contribution is -0.210. The summed E-state index contributed by atoms with van der Waals surface area (Å²) < 4.78 is 17.6. The smallest absolute Gasteiger partial charge is 0.337 e. The van der Waals surface area contributed by atoms with Crippen molar-refractivity contribution in [2.75, 3.05) is 6.54 Å². The van der Waals surface area contributed by atoms with E-state index in [0.717, 1.165) is 0 Å². The number of ether oxygens (including phenoxy) is 3. The highest BCUT2D eigenvalue weighted by atomic mass is 16.7. The van der Waals surface area contributed by atoms with Gasteiger partial charge in [-0.05, 0) is 31.9 Å². The molecule has 0 radical (unpaired) electrons. The summed E-state index contributed by atoms with van der Waals surface area (Å²) in [7, 11) is 0. The average molecular weight is 422 g/mol. The summed E-state index contributed by atoms with van der Waals surface area (Å²) in [6.45, 7) is 7.42. The Bertz CT molecular complexity index is 813. The molecule has 4 aliphatic heterocycles. The molecular formula is C21H30N2O7. The van der Waals surface area contributed by atoms with Gasteiger partial charge in [0.1, 0.15) is 12.2 Å². The van der Waals surface area contributed by atoms with E-state index in [1.807, 2.05) is 6.92 Å². The maximum Gasteiger partial charge on any atom is 0.337 e. The molecule has 9 nitrogen and oxygen atoms in total. The van der Waals surface area contributed by atoms with E-state index in [1.165, 1.54) is 0 Å². The second-order valence-electron chi connectivity index (χ2n) is 9.29. The molecule has 8 atom stereocenters. The number of nitrogens with zero attached hydrogens (tertiary/aromatic N) is 2. The van der Waals surface area contributed by atoms with Gasteiger partial charge in [-0.25, -0.2) is 4.79 Å². The third kappa shape index (κ3) is 3.09. The van der Waals surface area contributed by atoms with Gasteiger partial charge in [0, 0.05) is 19.3 Å². The lowest BCUT2D eigenvalue weighted by Crippen LogP contribution is -2.51. The lowest BCUT2D eigenvalue weighted by Gasteiger charge is -2.37. The molecule has 0 aromatic heterocycles. The van der Waals surface area contributed by atoms with E-state index < -0.39 is 53.1 Å². The molecule has 9 heteroatoms. The topological polar surface area (TPSA) is 127 Å². The number of azo groups is 1. The molecule has 4 rings (SSSR count). The van der Waals surface area contributed by atoms with E-state index in [-0.39, 0.29) is 18.8 Å². The number of esters is 2. The zero-order valence-corrected chi connectivity index (χ0v) is 17.8. The van der Waals surface area contributed by atoms with Crippen molar-refractivity contribution >= 4 is 11.9 Å². The zero-order chi connectivity index (χ0) is 21.9. The van der Waals surface area contributed by atoms with Gasteiger partial charge in [-0.3, -0.25) is 4.79 Å². The van der Waals surface area contributed by atoms with Crippen LogP contribution in [0.3, 0.4) is 0 Å². The Kier molecular flexibility index (Phi) is 5.06. The van der Waals surface area contributed by atoms with E-state index >= 15 is 0 Å². The van der Waals surface area contributed by atoms with Crippen molar-refractivity contribution in [2.24, 2.45) is 22.1 Å². The van der Waals surface area contributed by atoms with Crippen LogP contribution in [0.1, 0.15) is 53.4 Å². The molecule has 0 amide bonds. The van der Waals surface area contributed by atoms with E-state index in [4.69, 9.17) is 14.2 Å². The maximum atomic E-state index is 12.9. The monoisotopic (exact) mass is 422 g/mol. The Morgan fingerprint density at radius 1 is 1.43 bits per heavy atom. The fourth-order valence-corrected chi connectivity index (χ4v) is 5.03. The fourth-order valence-electron chi connectivity index (χ4n) is 5.03. The average Bonchev–Trinajstić information content (AvgIpc) is 3.32. The molecule has 1 spiro atoms. The standard InChI is InChI=1S/C21H30N2O7/c1-5-11(2)17(25)28-14-9-19(4)15(24)10-21(27,30-19)12(3)8-13-16(14)20(18(26)29-13)6-7-22-23-20/h8,11,13-16,24,27H,5-7,9-10H2,1-4H3/b12-8-/t11-,13-,14-,15+,16+,19+,20+,21+/m1/s1. The van der Waals surface area contributed by atoms with Gasteiger partial charge >= 0.3 is 11.9 Å². The minimum Gasteiger partial charge on any atom is -0.461 e. The van der Waals surface area contributed by atoms with Crippen LogP contribution >= 0.6 is 0 Å². The van der Waals surface area contributed by atoms with Crippen LogP contribution in [0.2, 0.25) is 0 Å². The highest BCUT2D eigenvalue weighted by molar-refractivity contribution is 5.85. The molecule has 0 saturated carbocycles. The molecule has 4 aliphatic rings. The van der Waals surface area contributed by atoms with Crippen LogP contribution in [0.4, 0.5) is 0 Å². The largest absolute Gasteiger partial charge is 0.461 e. The Hall–Kier alpha value is -1.84. The van der Waals surface area contributed by atoms with Crippen molar-refractivity contribution < 1.29 is 34.0 Å². The second kappa shape index (κ2) is 7.10. The molecule has 2 saturated heterocycles. The van der Waals surface area contributed by atoms with Crippen molar-refractivity contribution in [3.63, 3.8) is 0 Å². The Morgan fingerprint density at radius 2 is 2.17 bits per heavy atom. The first-order valence-corrected chi connectivity index (χ1v) is 10.6.